The zero-order chi connectivity index (χ0) is 12.2. The molecular weight excluding hydrogens is 246 g/mol. The van der Waals surface area contributed by atoms with Gasteiger partial charge in [-0.15, -0.1) is 0 Å². The van der Waals surface area contributed by atoms with E-state index < -0.39 is 0 Å². The van der Waals surface area contributed by atoms with E-state index in [1.54, 1.807) is 0 Å². The van der Waals surface area contributed by atoms with E-state index in [9.17, 15) is 0 Å². The van der Waals surface area contributed by atoms with Gasteiger partial charge in [-0.2, -0.15) is 0 Å². The van der Waals surface area contributed by atoms with Crippen molar-refractivity contribution in [2.45, 2.75) is 71.1 Å². The van der Waals surface area contributed by atoms with Crippen molar-refractivity contribution in [2.75, 3.05) is 11.6 Å². The average Bonchev–Trinajstić information content (AvgIpc) is 2.28. The molecule has 0 aliphatic carbocycles. The third kappa shape index (κ3) is 9.01. The number of aliphatic imine (C=N–C) groups is 1. The van der Waals surface area contributed by atoms with Crippen LogP contribution in [0, 0.1) is 0 Å². The SMILES string of the molecule is CCCCCCCCCCCCN=C1SCS1. The standard InChI is InChI=1S/C14H27NS2/c1-2-3-4-5-6-7-8-9-10-11-12-15-14-16-13-17-14/h2-13H2,1H3. The molecule has 100 valence electrons. The van der Waals surface area contributed by atoms with Crippen LogP contribution in [0.15, 0.2) is 4.99 Å². The van der Waals surface area contributed by atoms with Crippen LogP contribution in [-0.4, -0.2) is 16.0 Å². The highest BCUT2D eigenvalue weighted by molar-refractivity contribution is 8.52. The van der Waals surface area contributed by atoms with Gasteiger partial charge in [0, 0.05) is 6.54 Å². The molecule has 0 atom stereocenters. The Morgan fingerprint density at radius 3 is 1.82 bits per heavy atom. The number of rotatable bonds is 11. The van der Waals surface area contributed by atoms with Crippen molar-refractivity contribution in [3.8, 4) is 0 Å². The van der Waals surface area contributed by atoms with Crippen molar-refractivity contribution < 1.29 is 0 Å². The molecule has 0 amide bonds. The molecule has 0 aromatic heterocycles. The van der Waals surface area contributed by atoms with Gasteiger partial charge in [0.15, 0.2) is 0 Å². The smallest absolute Gasteiger partial charge is 0.126 e. The third-order valence-corrected chi connectivity index (χ3v) is 5.52. The molecule has 0 unspecified atom stereocenters. The molecule has 0 aromatic rings. The van der Waals surface area contributed by atoms with Gasteiger partial charge in [0.2, 0.25) is 0 Å². The lowest BCUT2D eigenvalue weighted by atomic mass is 10.1. The van der Waals surface area contributed by atoms with E-state index in [0.717, 1.165) is 6.54 Å². The highest BCUT2D eigenvalue weighted by Crippen LogP contribution is 2.32. The highest BCUT2D eigenvalue weighted by atomic mass is 32.3. The molecule has 17 heavy (non-hydrogen) atoms. The van der Waals surface area contributed by atoms with E-state index in [1.165, 1.54) is 73.7 Å². The molecule has 1 saturated heterocycles. The first kappa shape index (κ1) is 15.4. The molecule has 1 aliphatic heterocycles. The number of nitrogens with zero attached hydrogens (tertiary/aromatic N) is 1. The minimum Gasteiger partial charge on any atom is -0.272 e. The fraction of sp³-hybridized carbons (Fsp3) is 0.929. The van der Waals surface area contributed by atoms with Crippen molar-refractivity contribution in [3.05, 3.63) is 0 Å². The molecule has 1 rings (SSSR count). The van der Waals surface area contributed by atoms with Crippen LogP contribution < -0.4 is 0 Å². The summed E-state index contributed by atoms with van der Waals surface area (Å²) in [6.45, 7) is 3.34. The van der Waals surface area contributed by atoms with Crippen LogP contribution in [-0.2, 0) is 0 Å². The predicted octanol–water partition coefficient (Wildman–Crippen LogP) is 5.70. The van der Waals surface area contributed by atoms with E-state index >= 15 is 0 Å². The Hall–Kier alpha value is 0.370. The second kappa shape index (κ2) is 11.5. The number of hydrogen-bond donors (Lipinski definition) is 0. The van der Waals surface area contributed by atoms with E-state index in [0.29, 0.717) is 0 Å². The van der Waals surface area contributed by atoms with Gasteiger partial charge in [-0.25, -0.2) is 0 Å². The van der Waals surface area contributed by atoms with Crippen molar-refractivity contribution in [1.29, 1.82) is 0 Å². The summed E-state index contributed by atoms with van der Waals surface area (Å²) < 4.78 is 1.32. The van der Waals surface area contributed by atoms with Gasteiger partial charge in [0.05, 0.1) is 5.08 Å². The largest absolute Gasteiger partial charge is 0.272 e. The van der Waals surface area contributed by atoms with Crippen LogP contribution in [0.5, 0.6) is 0 Å². The number of unbranched alkanes of at least 4 members (excludes halogenated alkanes) is 9. The molecule has 0 N–H and O–H groups in total. The second-order valence-electron chi connectivity index (χ2n) is 4.74. The molecule has 1 heterocycles. The monoisotopic (exact) mass is 273 g/mol. The normalized spacial score (nSPS) is 14.8. The first-order valence-electron chi connectivity index (χ1n) is 7.23. The molecule has 1 nitrogen and oxygen atoms in total. The second-order valence-corrected chi connectivity index (χ2v) is 7.29. The Balaban J connectivity index is 1.69. The summed E-state index contributed by atoms with van der Waals surface area (Å²) in [7, 11) is 0. The lowest BCUT2D eigenvalue weighted by Gasteiger charge is -2.12. The van der Waals surface area contributed by atoms with Crippen LogP contribution in [0.25, 0.3) is 0 Å². The summed E-state index contributed by atoms with van der Waals surface area (Å²) >= 11 is 3.80. The van der Waals surface area contributed by atoms with Crippen LogP contribution in [0.3, 0.4) is 0 Å². The van der Waals surface area contributed by atoms with E-state index in [1.807, 2.05) is 23.5 Å². The maximum atomic E-state index is 4.54. The lowest BCUT2D eigenvalue weighted by Crippen LogP contribution is -1.99. The van der Waals surface area contributed by atoms with Gasteiger partial charge >= 0.3 is 0 Å². The molecule has 0 spiro atoms. The Kier molecular flexibility index (Phi) is 10.4. The zero-order valence-corrected chi connectivity index (χ0v) is 12.9. The molecule has 0 bridgehead atoms. The van der Waals surface area contributed by atoms with Crippen LogP contribution in [0.2, 0.25) is 0 Å². The molecular formula is C14H27NS2. The molecule has 3 heteroatoms. The summed E-state index contributed by atoms with van der Waals surface area (Å²) in [6, 6.07) is 0. The van der Waals surface area contributed by atoms with Gasteiger partial charge in [-0.3, -0.25) is 4.99 Å². The summed E-state index contributed by atoms with van der Waals surface area (Å²) in [5.41, 5.74) is 0. The van der Waals surface area contributed by atoms with Crippen molar-refractivity contribution in [2.24, 2.45) is 4.99 Å². The summed E-state index contributed by atoms with van der Waals surface area (Å²) in [6.07, 6.45) is 14.1. The number of hydrogen-bond acceptors (Lipinski definition) is 3. The van der Waals surface area contributed by atoms with Crippen molar-refractivity contribution in [1.82, 2.24) is 0 Å². The van der Waals surface area contributed by atoms with Gasteiger partial charge < -0.3 is 0 Å². The van der Waals surface area contributed by atoms with Gasteiger partial charge in [0.25, 0.3) is 0 Å². The lowest BCUT2D eigenvalue weighted by molar-refractivity contribution is 0.558. The van der Waals surface area contributed by atoms with Gasteiger partial charge in [-0.05, 0) is 6.42 Å². The fourth-order valence-corrected chi connectivity index (χ4v) is 3.23. The molecule has 0 aromatic carbocycles. The summed E-state index contributed by atoms with van der Waals surface area (Å²) in [5.74, 6) is 0. The molecule has 0 saturated carbocycles. The Morgan fingerprint density at radius 1 is 0.824 bits per heavy atom. The van der Waals surface area contributed by atoms with Gasteiger partial charge in [-0.1, -0.05) is 88.2 Å². The van der Waals surface area contributed by atoms with E-state index in [-0.39, 0.29) is 0 Å². The molecule has 1 fully saturated rings. The first-order valence-corrected chi connectivity index (χ1v) is 9.20. The predicted molar refractivity (Wildman–Crippen MR) is 84.2 cm³/mol. The molecule has 0 radical (unpaired) electrons. The van der Waals surface area contributed by atoms with Crippen molar-refractivity contribution >= 4 is 27.9 Å². The van der Waals surface area contributed by atoms with E-state index in [2.05, 4.69) is 11.9 Å². The quantitative estimate of drug-likeness (QED) is 0.448. The average molecular weight is 274 g/mol. The minimum atomic E-state index is 1.06. The van der Waals surface area contributed by atoms with E-state index in [4.69, 9.17) is 0 Å². The summed E-state index contributed by atoms with van der Waals surface area (Å²) in [4.78, 5) is 4.54. The number of thioether (sulfide) groups is 2. The maximum Gasteiger partial charge on any atom is 0.126 e. The maximum absolute atomic E-state index is 4.54. The summed E-state index contributed by atoms with van der Waals surface area (Å²) in [5, 5.41) is 1.22. The third-order valence-electron chi connectivity index (χ3n) is 3.12. The zero-order valence-electron chi connectivity index (χ0n) is 11.2. The van der Waals surface area contributed by atoms with Crippen LogP contribution in [0.1, 0.15) is 71.1 Å². The van der Waals surface area contributed by atoms with Crippen LogP contribution >= 0.6 is 23.5 Å². The minimum absolute atomic E-state index is 1.06. The first-order chi connectivity index (χ1) is 8.43. The Morgan fingerprint density at radius 2 is 1.35 bits per heavy atom. The fourth-order valence-electron chi connectivity index (χ4n) is 1.97. The highest BCUT2D eigenvalue weighted by Gasteiger charge is 2.10. The van der Waals surface area contributed by atoms with Crippen LogP contribution in [0.4, 0.5) is 0 Å². The van der Waals surface area contributed by atoms with Gasteiger partial charge in [0.1, 0.15) is 4.38 Å². The Bertz CT molecular complexity index is 198. The Labute approximate surface area is 116 Å². The molecule has 1 aliphatic rings. The van der Waals surface area contributed by atoms with Crippen molar-refractivity contribution in [3.63, 3.8) is 0 Å². The topological polar surface area (TPSA) is 12.4 Å².